The molecule has 1 N–H and O–H groups in total. The van der Waals surface area contributed by atoms with E-state index >= 15 is 0 Å². The van der Waals surface area contributed by atoms with E-state index < -0.39 is 23.7 Å². The Hall–Kier alpha value is -1.26. The summed E-state index contributed by atoms with van der Waals surface area (Å²) in [5.74, 6) is -0.955. The number of unbranched alkanes of at least 4 members (excludes halogenated alkanes) is 6. The third kappa shape index (κ3) is 10.2. The second kappa shape index (κ2) is 11.3. The monoisotopic (exact) mass is 329 g/mol. The normalized spacial score (nSPS) is 12.7. The number of carbonyl (C=O) groups is 2. The summed E-state index contributed by atoms with van der Waals surface area (Å²) in [5.41, 5.74) is -0.618. The standard InChI is InChI=1S/C18H35NO4/c1-6-8-9-10-11-12-13-14-15(16(20)21)19(7-2)17(22)23-18(3,4)5/h15H,6-14H2,1-5H3,(H,20,21). The first-order chi connectivity index (χ1) is 10.7. The van der Waals surface area contributed by atoms with E-state index in [0.717, 1.165) is 19.3 Å². The van der Waals surface area contributed by atoms with E-state index in [9.17, 15) is 14.7 Å². The van der Waals surface area contributed by atoms with Gasteiger partial charge in [-0.2, -0.15) is 0 Å². The molecule has 5 nitrogen and oxygen atoms in total. The molecular weight excluding hydrogens is 294 g/mol. The summed E-state index contributed by atoms with van der Waals surface area (Å²) in [4.78, 5) is 25.0. The van der Waals surface area contributed by atoms with Gasteiger partial charge in [0.15, 0.2) is 0 Å². The van der Waals surface area contributed by atoms with E-state index in [1.54, 1.807) is 27.7 Å². The molecule has 0 saturated heterocycles. The number of carbonyl (C=O) groups excluding carboxylic acids is 1. The lowest BCUT2D eigenvalue weighted by Gasteiger charge is -2.30. The highest BCUT2D eigenvalue weighted by Crippen LogP contribution is 2.17. The largest absolute Gasteiger partial charge is 0.480 e. The molecule has 0 rings (SSSR count). The van der Waals surface area contributed by atoms with Crippen molar-refractivity contribution >= 4 is 12.1 Å². The Labute approximate surface area is 141 Å². The maximum atomic E-state index is 12.2. The fourth-order valence-electron chi connectivity index (χ4n) is 2.50. The highest BCUT2D eigenvalue weighted by molar-refractivity contribution is 5.80. The Morgan fingerprint density at radius 2 is 1.52 bits per heavy atom. The van der Waals surface area contributed by atoms with Crippen LogP contribution in [0.5, 0.6) is 0 Å². The predicted molar refractivity (Wildman–Crippen MR) is 92.6 cm³/mol. The van der Waals surface area contributed by atoms with Crippen molar-refractivity contribution in [1.29, 1.82) is 0 Å². The number of carboxylic acid groups (broad SMARTS) is 1. The molecule has 0 saturated carbocycles. The number of amides is 1. The van der Waals surface area contributed by atoms with Crippen LogP contribution in [0.2, 0.25) is 0 Å². The molecule has 1 atom stereocenters. The number of aliphatic carboxylic acids is 1. The average molecular weight is 329 g/mol. The van der Waals surface area contributed by atoms with Crippen LogP contribution in [0.3, 0.4) is 0 Å². The molecule has 0 heterocycles. The minimum Gasteiger partial charge on any atom is -0.480 e. The molecule has 23 heavy (non-hydrogen) atoms. The fourth-order valence-corrected chi connectivity index (χ4v) is 2.50. The second-order valence-corrected chi connectivity index (χ2v) is 7.03. The van der Waals surface area contributed by atoms with E-state index in [0.29, 0.717) is 13.0 Å². The van der Waals surface area contributed by atoms with Crippen molar-refractivity contribution < 1.29 is 19.4 Å². The van der Waals surface area contributed by atoms with Gasteiger partial charge in [0.1, 0.15) is 11.6 Å². The van der Waals surface area contributed by atoms with Crippen LogP contribution in [-0.4, -0.2) is 40.3 Å². The van der Waals surface area contributed by atoms with Crippen LogP contribution in [0.15, 0.2) is 0 Å². The van der Waals surface area contributed by atoms with Gasteiger partial charge in [0, 0.05) is 6.54 Å². The van der Waals surface area contributed by atoms with Crippen LogP contribution in [-0.2, 0) is 9.53 Å². The van der Waals surface area contributed by atoms with Gasteiger partial charge in [-0.05, 0) is 34.1 Å². The highest BCUT2D eigenvalue weighted by atomic mass is 16.6. The lowest BCUT2D eigenvalue weighted by molar-refractivity contribution is -0.143. The number of nitrogens with zero attached hydrogens (tertiary/aromatic N) is 1. The Kier molecular flexibility index (Phi) is 10.7. The molecular formula is C18H35NO4. The van der Waals surface area contributed by atoms with Gasteiger partial charge < -0.3 is 9.84 Å². The zero-order valence-corrected chi connectivity index (χ0v) is 15.6. The minimum absolute atomic E-state index is 0.336. The van der Waals surface area contributed by atoms with E-state index in [4.69, 9.17) is 4.74 Å². The molecule has 0 bridgehead atoms. The Bertz CT molecular complexity index is 349. The van der Waals surface area contributed by atoms with E-state index in [2.05, 4.69) is 6.92 Å². The van der Waals surface area contributed by atoms with Crippen LogP contribution in [0, 0.1) is 0 Å². The summed E-state index contributed by atoms with van der Waals surface area (Å²) in [6, 6.07) is -0.800. The maximum Gasteiger partial charge on any atom is 0.411 e. The van der Waals surface area contributed by atoms with Gasteiger partial charge in [0.05, 0.1) is 0 Å². The third-order valence-electron chi connectivity index (χ3n) is 3.71. The quantitative estimate of drug-likeness (QED) is 0.551. The second-order valence-electron chi connectivity index (χ2n) is 7.03. The molecule has 0 aliphatic heterocycles. The Morgan fingerprint density at radius 1 is 1.00 bits per heavy atom. The number of ether oxygens (including phenoxy) is 1. The topological polar surface area (TPSA) is 66.8 Å². The predicted octanol–water partition coefficient (Wildman–Crippen LogP) is 4.84. The van der Waals surface area contributed by atoms with Crippen LogP contribution in [0.4, 0.5) is 4.79 Å². The molecule has 0 aliphatic carbocycles. The number of hydrogen-bond donors (Lipinski definition) is 1. The van der Waals surface area contributed by atoms with Gasteiger partial charge in [-0.1, -0.05) is 51.9 Å². The van der Waals surface area contributed by atoms with Gasteiger partial charge >= 0.3 is 12.1 Å². The zero-order valence-electron chi connectivity index (χ0n) is 15.6. The van der Waals surface area contributed by atoms with Gasteiger partial charge in [0.25, 0.3) is 0 Å². The van der Waals surface area contributed by atoms with Crippen molar-refractivity contribution in [2.75, 3.05) is 6.54 Å². The van der Waals surface area contributed by atoms with Crippen molar-refractivity contribution in [3.05, 3.63) is 0 Å². The Morgan fingerprint density at radius 3 is 1.96 bits per heavy atom. The van der Waals surface area contributed by atoms with Gasteiger partial charge in [-0.15, -0.1) is 0 Å². The van der Waals surface area contributed by atoms with Crippen LogP contribution >= 0.6 is 0 Å². The molecule has 5 heteroatoms. The van der Waals surface area contributed by atoms with Crippen LogP contribution in [0.25, 0.3) is 0 Å². The van der Waals surface area contributed by atoms with E-state index in [-0.39, 0.29) is 0 Å². The average Bonchev–Trinajstić information content (AvgIpc) is 2.42. The summed E-state index contributed by atoms with van der Waals surface area (Å²) in [6.45, 7) is 9.65. The molecule has 0 aliphatic rings. The molecule has 0 aromatic carbocycles. The summed E-state index contributed by atoms with van der Waals surface area (Å²) >= 11 is 0. The highest BCUT2D eigenvalue weighted by Gasteiger charge is 2.31. The maximum absolute atomic E-state index is 12.2. The summed E-state index contributed by atoms with van der Waals surface area (Å²) in [7, 11) is 0. The summed E-state index contributed by atoms with van der Waals surface area (Å²) in [5, 5.41) is 9.45. The smallest absolute Gasteiger partial charge is 0.411 e. The first-order valence-corrected chi connectivity index (χ1v) is 8.95. The minimum atomic E-state index is -0.955. The van der Waals surface area contributed by atoms with E-state index in [1.165, 1.54) is 30.6 Å². The van der Waals surface area contributed by atoms with Crippen LogP contribution in [0.1, 0.15) is 86.0 Å². The van der Waals surface area contributed by atoms with Gasteiger partial charge in [-0.25, -0.2) is 9.59 Å². The number of likely N-dealkylation sites (N-methyl/N-ethyl adjacent to an activating group) is 1. The first-order valence-electron chi connectivity index (χ1n) is 8.95. The lowest BCUT2D eigenvalue weighted by atomic mass is 10.0. The van der Waals surface area contributed by atoms with Crippen molar-refractivity contribution in [3.8, 4) is 0 Å². The van der Waals surface area contributed by atoms with Crippen molar-refractivity contribution in [2.45, 2.75) is 97.6 Å². The van der Waals surface area contributed by atoms with Crippen molar-refractivity contribution in [3.63, 3.8) is 0 Å². The molecule has 0 radical (unpaired) electrons. The molecule has 1 unspecified atom stereocenters. The van der Waals surface area contributed by atoms with E-state index in [1.807, 2.05) is 0 Å². The molecule has 1 amide bonds. The number of hydrogen-bond acceptors (Lipinski definition) is 3. The van der Waals surface area contributed by atoms with Gasteiger partial charge in [-0.3, -0.25) is 4.90 Å². The Balaban J connectivity index is 4.40. The lowest BCUT2D eigenvalue weighted by Crippen LogP contribution is -2.47. The summed E-state index contributed by atoms with van der Waals surface area (Å²) < 4.78 is 5.32. The molecule has 0 aromatic rings. The number of carboxylic acids is 1. The first kappa shape index (κ1) is 21.7. The third-order valence-corrected chi connectivity index (χ3v) is 3.71. The molecule has 136 valence electrons. The number of rotatable bonds is 11. The van der Waals surface area contributed by atoms with Crippen LogP contribution < -0.4 is 0 Å². The van der Waals surface area contributed by atoms with Gasteiger partial charge in [0.2, 0.25) is 0 Å². The fraction of sp³-hybridized carbons (Fsp3) is 0.889. The summed E-state index contributed by atoms with van der Waals surface area (Å²) in [6.07, 6.45) is 7.84. The SMILES string of the molecule is CCCCCCCCCC(C(=O)O)N(CC)C(=O)OC(C)(C)C. The van der Waals surface area contributed by atoms with Crippen molar-refractivity contribution in [1.82, 2.24) is 4.90 Å². The molecule has 0 spiro atoms. The zero-order chi connectivity index (χ0) is 17.9. The van der Waals surface area contributed by atoms with Crippen molar-refractivity contribution in [2.24, 2.45) is 0 Å². The molecule has 0 aromatic heterocycles. The molecule has 0 fully saturated rings.